The van der Waals surface area contributed by atoms with Crippen LogP contribution < -0.4 is 14.8 Å². The summed E-state index contributed by atoms with van der Waals surface area (Å²) in [7, 11) is -11.5. The minimum atomic E-state index is -4.97. The van der Waals surface area contributed by atoms with Crippen LogP contribution in [0, 0.1) is 0 Å². The molecule has 15 rings (SSSR count). The first-order valence-electron chi connectivity index (χ1n) is 38.8. The van der Waals surface area contributed by atoms with Gasteiger partial charge in [-0.3, -0.25) is 45.3 Å². The number of hydrogen-bond acceptors (Lipinski definition) is 23. The van der Waals surface area contributed by atoms with Gasteiger partial charge >= 0.3 is 23.5 Å². The highest BCUT2D eigenvalue weighted by atomic mass is 31.2. The molecule has 4 heterocycles. The fourth-order valence-corrected chi connectivity index (χ4v) is 17.9. The lowest BCUT2D eigenvalue weighted by Crippen LogP contribution is -2.58. The normalized spacial score (nSPS) is 18.4. The molecule has 11 aromatic carbocycles. The Morgan fingerprint density at radius 1 is 0.395 bits per heavy atom. The Kier molecular flexibility index (Phi) is 28.4. The maximum absolute atomic E-state index is 16.6. The molecule has 0 amide bonds. The summed E-state index contributed by atoms with van der Waals surface area (Å²) >= 11 is 0. The molecule has 0 bridgehead atoms. The first-order valence-corrected chi connectivity index (χ1v) is 43.2. The zero-order valence-corrected chi connectivity index (χ0v) is 68.0. The average Bonchev–Trinajstić information content (AvgIpc) is 1.72. The number of fused-ring (bicyclic) bond motifs is 1. The molecule has 0 spiro atoms. The number of nitrogens with zero attached hydrogens (tertiary/aromatic N) is 4. The topological polar surface area (TPSA) is 255 Å². The highest BCUT2D eigenvalue weighted by Crippen LogP contribution is 2.59. The number of methoxy groups -OCH3 is 2. The van der Waals surface area contributed by atoms with Gasteiger partial charge < -0.3 is 38.5 Å². The van der Waals surface area contributed by atoms with Crippen LogP contribution in [0.1, 0.15) is 67.4 Å². The summed E-state index contributed by atoms with van der Waals surface area (Å²) in [5.41, 5.74) is 7.02. The molecule has 2 aliphatic heterocycles. The van der Waals surface area contributed by atoms with Gasteiger partial charge in [-0.15, -0.1) is 0 Å². The van der Waals surface area contributed by atoms with Crippen LogP contribution in [-0.2, 0) is 136 Å². The number of nitrogens with one attached hydrogen (secondary N) is 1. The summed E-state index contributed by atoms with van der Waals surface area (Å²) in [6.07, 6.45) is -9.54. The number of imidazole rings is 1. The van der Waals surface area contributed by atoms with Crippen molar-refractivity contribution in [1.82, 2.24) is 19.5 Å². The zero-order chi connectivity index (χ0) is 81.5. The average molecular weight is 1660 g/mol. The van der Waals surface area contributed by atoms with Gasteiger partial charge in [0, 0.05) is 0 Å². The van der Waals surface area contributed by atoms with Crippen molar-refractivity contribution >= 4 is 40.4 Å². The number of ether oxygens (including phenoxy) is 7. The molecule has 2 aromatic heterocycles. The number of phosphoric acid groups is 3. The number of anilines is 1. The molecule has 8 atom stereocenters. The van der Waals surface area contributed by atoms with E-state index in [0.717, 1.165) is 22.3 Å². The van der Waals surface area contributed by atoms with Crippen LogP contribution in [0.15, 0.2) is 334 Å². The standard InChI is InChI=1S/C92H90N5O19P3/c1-101-79-52-48-77(49-53-79)92(76-46-28-11-29-47-76,78-50-54-80(102-2)55-51-78)96-88-83-89(94-66-93-88)97(67-95-83)90-86(116-119(100,110-62-74-42-24-9-25-43-74)111-63-75-44-26-10-27-45-75)84(81(112-90)64-103-56-68-30-12-3-13-31-68)113-91-87(104-57-69-32-14-4-15-33-69)85(115-118(99,108-60-72-38-20-7-21-39-72)109-61-73-40-22-8-23-41-73)82(65-105-91)114-117(98,106-58-70-34-16-5-17-35-70)107-59-71-36-18-6-19-37-71/h3-55,66-67,81-82,84-87,90-91H,56-65H2,1-2H3,(H,93,94,96)/t81-,82-,84-,85+,86-,87-,90-,91-/m1/s1. The number of hydrogen-bond donors (Lipinski definition) is 1. The Bertz CT molecular complexity index is 5240. The van der Waals surface area contributed by atoms with E-state index in [-0.39, 0.29) is 76.4 Å². The molecule has 1 N–H and O–H groups in total. The van der Waals surface area contributed by atoms with Crippen molar-refractivity contribution in [3.05, 3.63) is 395 Å². The third-order valence-electron chi connectivity index (χ3n) is 20.0. The van der Waals surface area contributed by atoms with Crippen molar-refractivity contribution in [3.8, 4) is 11.5 Å². The quantitative estimate of drug-likeness (QED) is 0.0276. The molecule has 0 saturated carbocycles. The molecule has 2 aliphatic rings. The van der Waals surface area contributed by atoms with Crippen molar-refractivity contribution in [3.63, 3.8) is 0 Å². The molecule has 0 aliphatic carbocycles. The lowest BCUT2D eigenvalue weighted by Gasteiger charge is -2.43. The van der Waals surface area contributed by atoms with E-state index in [2.05, 4.69) is 5.32 Å². The number of benzene rings is 11. The molecule has 27 heteroatoms. The highest BCUT2D eigenvalue weighted by Gasteiger charge is 2.57. The van der Waals surface area contributed by atoms with Crippen molar-refractivity contribution < 1.29 is 87.6 Å². The molecular formula is C92H90N5O19P3. The van der Waals surface area contributed by atoms with Gasteiger partial charge in [-0.05, 0) is 85.5 Å². The number of aromatic nitrogens is 4. The summed E-state index contributed by atoms with van der Waals surface area (Å²) in [6.45, 7) is -2.45. The molecule has 24 nitrogen and oxygen atoms in total. The second-order valence-corrected chi connectivity index (χ2v) is 32.9. The van der Waals surface area contributed by atoms with Crippen LogP contribution in [0.3, 0.4) is 0 Å². The number of phosphoric ester groups is 3. The minimum Gasteiger partial charge on any atom is -0.497 e. The van der Waals surface area contributed by atoms with Crippen LogP contribution in [0.25, 0.3) is 11.2 Å². The van der Waals surface area contributed by atoms with E-state index in [1.165, 1.54) is 12.7 Å². The zero-order valence-electron chi connectivity index (χ0n) is 65.3. The Morgan fingerprint density at radius 2 is 0.756 bits per heavy atom. The molecule has 2 fully saturated rings. The molecular weight excluding hydrogens is 1570 g/mol. The molecule has 119 heavy (non-hydrogen) atoms. The fourth-order valence-electron chi connectivity index (χ4n) is 13.9. The van der Waals surface area contributed by atoms with Crippen LogP contribution in [0.4, 0.5) is 5.82 Å². The third-order valence-corrected chi connectivity index (χ3v) is 24.2. The lowest BCUT2D eigenvalue weighted by molar-refractivity contribution is -0.299. The largest absolute Gasteiger partial charge is 0.497 e. The van der Waals surface area contributed by atoms with Gasteiger partial charge in [0.15, 0.2) is 29.5 Å². The van der Waals surface area contributed by atoms with Gasteiger partial charge in [0.2, 0.25) is 0 Å². The first kappa shape index (κ1) is 83.6. The van der Waals surface area contributed by atoms with Crippen LogP contribution in [0.5, 0.6) is 11.5 Å². The third kappa shape index (κ3) is 21.8. The Morgan fingerprint density at radius 3 is 1.16 bits per heavy atom. The SMILES string of the molecule is COc1ccc(C(Nc2ncnc3c2ncn3[C@@H]2O[C@H](COCc3ccccc3)[C@@H](O[C@H]3OC[C@@H](OP(=O)(OCc4ccccc4)OCc4ccccc4)[C@H](OP(=O)(OCc4ccccc4)OCc4ccccc4)[C@H]3OCc3ccccc3)[C@H]2OP(=O)(OCc2ccccc2)OCc2ccccc2)(c2ccccc2)c2ccc(OC)cc2)cc1. The van der Waals surface area contributed by atoms with Crippen molar-refractivity contribution in [2.24, 2.45) is 0 Å². The predicted octanol–water partition coefficient (Wildman–Crippen LogP) is 19.5. The molecule has 0 radical (unpaired) electrons. The minimum absolute atomic E-state index is 0.0853. The van der Waals surface area contributed by atoms with Gasteiger partial charge in [0.05, 0.1) is 86.6 Å². The van der Waals surface area contributed by atoms with Crippen molar-refractivity contribution in [2.75, 3.05) is 32.8 Å². The Hall–Kier alpha value is -10.5. The smallest absolute Gasteiger partial charge is 0.475 e. The van der Waals surface area contributed by atoms with E-state index in [9.17, 15) is 0 Å². The lowest BCUT2D eigenvalue weighted by atomic mass is 9.77. The summed E-state index contributed by atoms with van der Waals surface area (Å²) in [6, 6.07) is 98.9. The Labute approximate surface area is 690 Å². The molecule has 2 saturated heterocycles. The van der Waals surface area contributed by atoms with E-state index >= 15 is 13.7 Å². The van der Waals surface area contributed by atoms with E-state index in [1.807, 2.05) is 273 Å². The molecule has 13 aromatic rings. The van der Waals surface area contributed by atoms with Crippen molar-refractivity contribution in [2.45, 2.75) is 108 Å². The fraction of sp³-hybridized carbons (Fsp3) is 0.228. The highest BCUT2D eigenvalue weighted by molar-refractivity contribution is 7.49. The Balaban J connectivity index is 0.882. The molecule has 612 valence electrons. The monoisotopic (exact) mass is 1660 g/mol. The summed E-state index contributed by atoms with van der Waals surface area (Å²) < 4.78 is 158. The van der Waals surface area contributed by atoms with Gasteiger partial charge in [0.25, 0.3) is 0 Å². The maximum Gasteiger partial charge on any atom is 0.475 e. The van der Waals surface area contributed by atoms with E-state index in [4.69, 9.17) is 88.8 Å². The molecule has 0 unspecified atom stereocenters. The van der Waals surface area contributed by atoms with Gasteiger partial charge in [-0.25, -0.2) is 28.6 Å². The maximum atomic E-state index is 16.6. The van der Waals surface area contributed by atoms with Crippen LogP contribution >= 0.6 is 23.5 Å². The summed E-state index contributed by atoms with van der Waals surface area (Å²) in [5, 5.41) is 3.89. The van der Waals surface area contributed by atoms with Crippen LogP contribution in [-0.4, -0.2) is 89.9 Å². The van der Waals surface area contributed by atoms with Gasteiger partial charge in [-0.2, -0.15) is 0 Å². The van der Waals surface area contributed by atoms with E-state index < -0.39 is 84.8 Å². The second kappa shape index (κ2) is 40.5. The second-order valence-electron chi connectivity index (χ2n) is 28.1. The van der Waals surface area contributed by atoms with E-state index in [0.29, 0.717) is 50.4 Å². The van der Waals surface area contributed by atoms with Gasteiger partial charge in [0.1, 0.15) is 60.0 Å². The van der Waals surface area contributed by atoms with Gasteiger partial charge in [-0.1, -0.05) is 297 Å². The summed E-state index contributed by atoms with van der Waals surface area (Å²) in [4.78, 5) is 15.1. The summed E-state index contributed by atoms with van der Waals surface area (Å²) in [5.74, 6) is 1.57. The predicted molar refractivity (Wildman–Crippen MR) is 446 cm³/mol. The van der Waals surface area contributed by atoms with Crippen molar-refractivity contribution in [1.29, 1.82) is 0 Å². The first-order chi connectivity index (χ1) is 58.4. The van der Waals surface area contributed by atoms with E-state index in [1.54, 1.807) is 67.3 Å². The van der Waals surface area contributed by atoms with Crippen LogP contribution in [0.2, 0.25) is 0 Å². The number of rotatable bonds is 41.